The molecule has 0 saturated carbocycles. The van der Waals surface area contributed by atoms with Crippen LogP contribution < -0.4 is 10.1 Å². The lowest BCUT2D eigenvalue weighted by atomic mass is 10.1. The third kappa shape index (κ3) is 4.23. The Morgan fingerprint density at radius 2 is 1.76 bits per heavy atom. The van der Waals surface area contributed by atoms with Gasteiger partial charge in [-0.1, -0.05) is 29.8 Å². The summed E-state index contributed by atoms with van der Waals surface area (Å²) in [4.78, 5) is 11.8. The number of nitrogens with one attached hydrogen (secondary N) is 1. The molecule has 0 aliphatic rings. The van der Waals surface area contributed by atoms with Gasteiger partial charge in [-0.05, 0) is 49.2 Å². The first-order valence-corrected chi connectivity index (χ1v) is 7.18. The number of hydrogen-bond donors (Lipinski definition) is 1. The summed E-state index contributed by atoms with van der Waals surface area (Å²) in [6, 6.07) is 12.9. The van der Waals surface area contributed by atoms with Gasteiger partial charge in [-0.2, -0.15) is 0 Å². The SMILES string of the molecule is Cc1cc(OCCNC(=O)c2ccccc2)cc(C)c1Cl. The first kappa shape index (κ1) is 15.4. The molecular weight excluding hydrogens is 286 g/mol. The number of halogens is 1. The van der Waals surface area contributed by atoms with Crippen LogP contribution in [0, 0.1) is 13.8 Å². The van der Waals surface area contributed by atoms with Crippen LogP contribution >= 0.6 is 11.6 Å². The van der Waals surface area contributed by atoms with Crippen LogP contribution in [0.3, 0.4) is 0 Å². The Morgan fingerprint density at radius 1 is 1.14 bits per heavy atom. The van der Waals surface area contributed by atoms with E-state index in [0.717, 1.165) is 21.9 Å². The standard InChI is InChI=1S/C17H18ClNO2/c1-12-10-15(11-13(2)16(12)18)21-9-8-19-17(20)14-6-4-3-5-7-14/h3-7,10-11H,8-9H2,1-2H3,(H,19,20). The minimum atomic E-state index is -0.0948. The molecule has 21 heavy (non-hydrogen) atoms. The minimum Gasteiger partial charge on any atom is -0.492 e. The molecule has 2 aromatic rings. The average molecular weight is 304 g/mol. The molecule has 0 unspecified atom stereocenters. The Bertz CT molecular complexity index is 603. The maximum absolute atomic E-state index is 11.8. The third-order valence-electron chi connectivity index (χ3n) is 3.10. The Hall–Kier alpha value is -2.00. The third-order valence-corrected chi connectivity index (χ3v) is 3.70. The molecule has 0 aromatic heterocycles. The van der Waals surface area contributed by atoms with E-state index in [1.807, 2.05) is 44.2 Å². The lowest BCUT2D eigenvalue weighted by Crippen LogP contribution is -2.28. The van der Waals surface area contributed by atoms with Crippen molar-refractivity contribution in [1.29, 1.82) is 0 Å². The number of carbonyl (C=O) groups is 1. The average Bonchev–Trinajstić information content (AvgIpc) is 2.49. The van der Waals surface area contributed by atoms with Crippen LogP contribution in [0.2, 0.25) is 5.02 Å². The highest BCUT2D eigenvalue weighted by molar-refractivity contribution is 6.32. The van der Waals surface area contributed by atoms with Crippen molar-refractivity contribution in [2.45, 2.75) is 13.8 Å². The summed E-state index contributed by atoms with van der Waals surface area (Å²) in [6.07, 6.45) is 0. The molecule has 0 fully saturated rings. The maximum Gasteiger partial charge on any atom is 0.251 e. The van der Waals surface area contributed by atoms with Crippen molar-refractivity contribution >= 4 is 17.5 Å². The van der Waals surface area contributed by atoms with Crippen LogP contribution in [-0.2, 0) is 0 Å². The van der Waals surface area contributed by atoms with Crippen LogP contribution in [0.4, 0.5) is 0 Å². The normalized spacial score (nSPS) is 10.2. The molecule has 3 nitrogen and oxygen atoms in total. The molecular formula is C17H18ClNO2. The summed E-state index contributed by atoms with van der Waals surface area (Å²) in [5.74, 6) is 0.672. The van der Waals surface area contributed by atoms with E-state index in [9.17, 15) is 4.79 Å². The molecule has 0 aliphatic carbocycles. The zero-order valence-electron chi connectivity index (χ0n) is 12.2. The van der Waals surface area contributed by atoms with Crippen molar-refractivity contribution in [3.8, 4) is 5.75 Å². The van der Waals surface area contributed by atoms with E-state index in [1.165, 1.54) is 0 Å². The highest BCUT2D eigenvalue weighted by Crippen LogP contribution is 2.25. The van der Waals surface area contributed by atoms with Crippen molar-refractivity contribution in [2.75, 3.05) is 13.2 Å². The minimum absolute atomic E-state index is 0.0948. The molecule has 0 radical (unpaired) electrons. The van der Waals surface area contributed by atoms with Gasteiger partial charge in [0.1, 0.15) is 12.4 Å². The van der Waals surface area contributed by atoms with E-state index in [0.29, 0.717) is 18.7 Å². The fraction of sp³-hybridized carbons (Fsp3) is 0.235. The fourth-order valence-electron chi connectivity index (χ4n) is 2.01. The number of hydrogen-bond acceptors (Lipinski definition) is 2. The number of rotatable bonds is 5. The zero-order chi connectivity index (χ0) is 15.2. The maximum atomic E-state index is 11.8. The van der Waals surface area contributed by atoms with Gasteiger partial charge in [-0.25, -0.2) is 0 Å². The lowest BCUT2D eigenvalue weighted by molar-refractivity contribution is 0.0947. The van der Waals surface area contributed by atoms with Crippen LogP contribution in [0.25, 0.3) is 0 Å². The number of aryl methyl sites for hydroxylation is 2. The van der Waals surface area contributed by atoms with E-state index >= 15 is 0 Å². The van der Waals surface area contributed by atoms with Crippen LogP contribution in [0.15, 0.2) is 42.5 Å². The molecule has 0 saturated heterocycles. The number of amides is 1. The molecule has 2 aromatic carbocycles. The van der Waals surface area contributed by atoms with Crippen molar-refractivity contribution in [3.63, 3.8) is 0 Å². The van der Waals surface area contributed by atoms with Gasteiger partial charge in [0.15, 0.2) is 0 Å². The highest BCUT2D eigenvalue weighted by atomic mass is 35.5. The summed E-state index contributed by atoms with van der Waals surface area (Å²) >= 11 is 6.11. The van der Waals surface area contributed by atoms with Gasteiger partial charge >= 0.3 is 0 Å². The topological polar surface area (TPSA) is 38.3 Å². The molecule has 2 rings (SSSR count). The quantitative estimate of drug-likeness (QED) is 0.854. The van der Waals surface area contributed by atoms with E-state index in [-0.39, 0.29) is 5.91 Å². The molecule has 4 heteroatoms. The van der Waals surface area contributed by atoms with Crippen molar-refractivity contribution < 1.29 is 9.53 Å². The monoisotopic (exact) mass is 303 g/mol. The van der Waals surface area contributed by atoms with Gasteiger partial charge in [-0.15, -0.1) is 0 Å². The summed E-state index contributed by atoms with van der Waals surface area (Å²) in [5, 5.41) is 3.58. The molecule has 0 heterocycles. The molecule has 1 amide bonds. The molecule has 0 aliphatic heterocycles. The van der Waals surface area contributed by atoms with Crippen LogP contribution in [0.1, 0.15) is 21.5 Å². The van der Waals surface area contributed by atoms with E-state index in [4.69, 9.17) is 16.3 Å². The van der Waals surface area contributed by atoms with Crippen molar-refractivity contribution in [2.24, 2.45) is 0 Å². The predicted octanol–water partition coefficient (Wildman–Crippen LogP) is 3.77. The number of benzene rings is 2. The van der Waals surface area contributed by atoms with Crippen molar-refractivity contribution in [1.82, 2.24) is 5.32 Å². The first-order valence-electron chi connectivity index (χ1n) is 6.80. The largest absolute Gasteiger partial charge is 0.492 e. The Labute approximate surface area is 129 Å². The second kappa shape index (κ2) is 7.14. The second-order valence-corrected chi connectivity index (χ2v) is 5.22. The predicted molar refractivity (Wildman–Crippen MR) is 85.2 cm³/mol. The second-order valence-electron chi connectivity index (χ2n) is 4.84. The Kier molecular flexibility index (Phi) is 5.23. The zero-order valence-corrected chi connectivity index (χ0v) is 12.9. The highest BCUT2D eigenvalue weighted by Gasteiger charge is 2.05. The number of carbonyl (C=O) groups excluding carboxylic acids is 1. The van der Waals surface area contributed by atoms with Gasteiger partial charge in [-0.3, -0.25) is 4.79 Å². The Balaban J connectivity index is 1.81. The summed E-state index contributed by atoms with van der Waals surface area (Å²) in [5.41, 5.74) is 2.62. The summed E-state index contributed by atoms with van der Waals surface area (Å²) in [7, 11) is 0. The van der Waals surface area contributed by atoms with Gasteiger partial charge in [0.25, 0.3) is 5.91 Å². The molecule has 0 atom stereocenters. The molecule has 0 bridgehead atoms. The summed E-state index contributed by atoms with van der Waals surface area (Å²) in [6.45, 7) is 4.76. The smallest absolute Gasteiger partial charge is 0.251 e. The van der Waals surface area contributed by atoms with Crippen molar-refractivity contribution in [3.05, 3.63) is 64.2 Å². The van der Waals surface area contributed by atoms with Gasteiger partial charge in [0.2, 0.25) is 0 Å². The van der Waals surface area contributed by atoms with E-state index in [1.54, 1.807) is 12.1 Å². The fourth-order valence-corrected chi connectivity index (χ4v) is 2.12. The lowest BCUT2D eigenvalue weighted by Gasteiger charge is -2.10. The van der Waals surface area contributed by atoms with Gasteiger partial charge < -0.3 is 10.1 Å². The van der Waals surface area contributed by atoms with Gasteiger partial charge in [0.05, 0.1) is 6.54 Å². The summed E-state index contributed by atoms with van der Waals surface area (Å²) < 4.78 is 5.64. The van der Waals surface area contributed by atoms with Crippen LogP contribution in [0.5, 0.6) is 5.75 Å². The molecule has 1 N–H and O–H groups in total. The number of ether oxygens (including phenoxy) is 1. The first-order chi connectivity index (χ1) is 10.1. The van der Waals surface area contributed by atoms with E-state index < -0.39 is 0 Å². The Morgan fingerprint density at radius 3 is 2.38 bits per heavy atom. The van der Waals surface area contributed by atoms with E-state index in [2.05, 4.69) is 5.32 Å². The van der Waals surface area contributed by atoms with Gasteiger partial charge in [0, 0.05) is 10.6 Å². The molecule has 110 valence electrons. The van der Waals surface area contributed by atoms with Crippen LogP contribution in [-0.4, -0.2) is 19.1 Å². The molecule has 0 spiro atoms.